The van der Waals surface area contributed by atoms with E-state index in [1.807, 2.05) is 48.5 Å². The van der Waals surface area contributed by atoms with Crippen LogP contribution in [0.1, 0.15) is 13.3 Å². The molecule has 0 aliphatic rings. The fourth-order valence-corrected chi connectivity index (χ4v) is 2.43. The summed E-state index contributed by atoms with van der Waals surface area (Å²) in [6, 6.07) is 20.0. The Kier molecular flexibility index (Phi) is 6.98. The lowest BCUT2D eigenvalue weighted by Gasteiger charge is -2.28. The van der Waals surface area contributed by atoms with E-state index in [-0.39, 0.29) is 6.10 Å². The van der Waals surface area contributed by atoms with Crippen LogP contribution in [0.15, 0.2) is 60.7 Å². The van der Waals surface area contributed by atoms with Gasteiger partial charge in [-0.25, -0.2) is 0 Å². The van der Waals surface area contributed by atoms with Crippen LogP contribution in [0.2, 0.25) is 0 Å². The first-order valence-corrected chi connectivity index (χ1v) is 7.90. The maximum Gasteiger partial charge on any atom is 0.293 e. The Labute approximate surface area is 137 Å². The number of hydrogen-bond donors (Lipinski definition) is 0. The minimum Gasteiger partial charge on any atom is -0.488 e. The Bertz CT molecular complexity index is 559. The zero-order valence-electron chi connectivity index (χ0n) is 13.4. The summed E-state index contributed by atoms with van der Waals surface area (Å²) >= 11 is 0. The molecule has 1 unspecified atom stereocenters. The molecule has 0 fully saturated rings. The van der Waals surface area contributed by atoms with E-state index < -0.39 is 0 Å². The lowest BCUT2D eigenvalue weighted by molar-refractivity contribution is -0.129. The monoisotopic (exact) mass is 313 g/mol. The van der Waals surface area contributed by atoms with Gasteiger partial charge in [-0.15, -0.1) is 0 Å². The number of carbonyl (C=O) groups excluding carboxylic acids is 1. The highest BCUT2D eigenvalue weighted by Gasteiger charge is 2.16. The SMILES string of the molecule is CCN(CC(CCOC=O)Oc1ccccc1)c1ccccc1. The highest BCUT2D eigenvalue weighted by Crippen LogP contribution is 2.17. The molecule has 2 aromatic carbocycles. The molecule has 4 nitrogen and oxygen atoms in total. The van der Waals surface area contributed by atoms with Crippen molar-refractivity contribution < 1.29 is 14.3 Å². The standard InChI is InChI=1S/C19H23NO3/c1-2-20(17-9-5-3-6-10-17)15-19(13-14-22-16-21)23-18-11-7-4-8-12-18/h3-12,16,19H,2,13-15H2,1H3. The molecule has 0 aliphatic heterocycles. The third-order valence-electron chi connectivity index (χ3n) is 3.60. The predicted octanol–water partition coefficient (Wildman–Crippen LogP) is 3.52. The minimum absolute atomic E-state index is 0.0579. The predicted molar refractivity (Wildman–Crippen MR) is 91.8 cm³/mol. The normalized spacial score (nSPS) is 11.5. The molecule has 0 saturated carbocycles. The van der Waals surface area contributed by atoms with Crippen LogP contribution in [-0.2, 0) is 9.53 Å². The third-order valence-corrected chi connectivity index (χ3v) is 3.60. The third kappa shape index (κ3) is 5.66. The molecule has 0 saturated heterocycles. The molecule has 0 spiro atoms. The van der Waals surface area contributed by atoms with Gasteiger partial charge in [0.05, 0.1) is 13.2 Å². The number of carbonyl (C=O) groups is 1. The van der Waals surface area contributed by atoms with Crippen molar-refractivity contribution in [3.05, 3.63) is 60.7 Å². The summed E-state index contributed by atoms with van der Waals surface area (Å²) < 4.78 is 10.9. The fourth-order valence-electron chi connectivity index (χ4n) is 2.43. The van der Waals surface area contributed by atoms with Crippen molar-refractivity contribution in [1.82, 2.24) is 0 Å². The highest BCUT2D eigenvalue weighted by molar-refractivity contribution is 5.46. The van der Waals surface area contributed by atoms with Gasteiger partial charge in [0.2, 0.25) is 0 Å². The molecule has 122 valence electrons. The van der Waals surface area contributed by atoms with Gasteiger partial charge < -0.3 is 14.4 Å². The number of anilines is 1. The van der Waals surface area contributed by atoms with Gasteiger partial charge in [0.15, 0.2) is 0 Å². The Morgan fingerprint density at radius 2 is 1.70 bits per heavy atom. The van der Waals surface area contributed by atoms with Gasteiger partial charge in [-0.05, 0) is 31.2 Å². The lowest BCUT2D eigenvalue weighted by atomic mass is 10.2. The molecule has 0 aromatic heterocycles. The number of hydrogen-bond acceptors (Lipinski definition) is 4. The highest BCUT2D eigenvalue weighted by atomic mass is 16.5. The van der Waals surface area contributed by atoms with E-state index in [1.165, 1.54) is 0 Å². The molecule has 2 rings (SSSR count). The zero-order valence-corrected chi connectivity index (χ0v) is 13.4. The van der Waals surface area contributed by atoms with Crippen LogP contribution < -0.4 is 9.64 Å². The topological polar surface area (TPSA) is 38.8 Å². The van der Waals surface area contributed by atoms with Crippen LogP contribution in [0.25, 0.3) is 0 Å². The summed E-state index contributed by atoms with van der Waals surface area (Å²) in [5, 5.41) is 0. The Morgan fingerprint density at radius 3 is 2.30 bits per heavy atom. The first kappa shape index (κ1) is 16.9. The van der Waals surface area contributed by atoms with Crippen LogP contribution in [-0.4, -0.2) is 32.3 Å². The molecule has 0 N–H and O–H groups in total. The smallest absolute Gasteiger partial charge is 0.293 e. The Balaban J connectivity index is 2.04. The quantitative estimate of drug-likeness (QED) is 0.497. The van der Waals surface area contributed by atoms with Crippen LogP contribution >= 0.6 is 0 Å². The molecule has 0 bridgehead atoms. The van der Waals surface area contributed by atoms with E-state index in [1.54, 1.807) is 0 Å². The molecular formula is C19H23NO3. The number of likely N-dealkylation sites (N-methyl/N-ethyl adjacent to an activating group) is 1. The molecule has 0 radical (unpaired) electrons. The van der Waals surface area contributed by atoms with Crippen LogP contribution in [0.5, 0.6) is 5.75 Å². The lowest BCUT2D eigenvalue weighted by Crippen LogP contribution is -2.36. The van der Waals surface area contributed by atoms with Gasteiger partial charge in [-0.3, -0.25) is 4.79 Å². The Hall–Kier alpha value is -2.49. The van der Waals surface area contributed by atoms with Gasteiger partial charge in [0, 0.05) is 18.7 Å². The van der Waals surface area contributed by atoms with Gasteiger partial charge in [0.1, 0.15) is 11.9 Å². The largest absolute Gasteiger partial charge is 0.488 e. The number of benzene rings is 2. The maximum atomic E-state index is 10.4. The summed E-state index contributed by atoms with van der Waals surface area (Å²) in [6.07, 6.45) is 0.592. The molecule has 0 heterocycles. The van der Waals surface area contributed by atoms with Gasteiger partial charge >= 0.3 is 0 Å². The molecule has 0 aliphatic carbocycles. The number of para-hydroxylation sites is 2. The molecule has 0 amide bonds. The van der Waals surface area contributed by atoms with E-state index in [4.69, 9.17) is 9.47 Å². The second kappa shape index (κ2) is 9.51. The number of ether oxygens (including phenoxy) is 2. The second-order valence-electron chi connectivity index (χ2n) is 5.18. The van der Waals surface area contributed by atoms with Gasteiger partial charge in [-0.1, -0.05) is 36.4 Å². The number of nitrogens with zero attached hydrogens (tertiary/aromatic N) is 1. The minimum atomic E-state index is -0.0579. The summed E-state index contributed by atoms with van der Waals surface area (Å²) in [5.74, 6) is 0.827. The second-order valence-corrected chi connectivity index (χ2v) is 5.18. The van der Waals surface area contributed by atoms with E-state index in [0.29, 0.717) is 19.5 Å². The van der Waals surface area contributed by atoms with Crippen molar-refractivity contribution in [2.45, 2.75) is 19.4 Å². The summed E-state index contributed by atoms with van der Waals surface area (Å²) in [7, 11) is 0. The van der Waals surface area contributed by atoms with Crippen LogP contribution in [0.4, 0.5) is 5.69 Å². The molecule has 4 heteroatoms. The molecule has 1 atom stereocenters. The van der Waals surface area contributed by atoms with E-state index >= 15 is 0 Å². The van der Waals surface area contributed by atoms with E-state index in [2.05, 4.69) is 24.0 Å². The first-order chi connectivity index (χ1) is 11.3. The fraction of sp³-hybridized carbons (Fsp3) is 0.316. The molecule has 23 heavy (non-hydrogen) atoms. The average Bonchev–Trinajstić information content (AvgIpc) is 2.61. The van der Waals surface area contributed by atoms with Crippen LogP contribution in [0.3, 0.4) is 0 Å². The zero-order chi connectivity index (χ0) is 16.3. The van der Waals surface area contributed by atoms with Crippen molar-refractivity contribution in [1.29, 1.82) is 0 Å². The van der Waals surface area contributed by atoms with E-state index in [9.17, 15) is 4.79 Å². The summed E-state index contributed by atoms with van der Waals surface area (Å²) in [4.78, 5) is 12.6. The van der Waals surface area contributed by atoms with Crippen molar-refractivity contribution in [3.63, 3.8) is 0 Å². The van der Waals surface area contributed by atoms with Crippen LogP contribution in [0, 0.1) is 0 Å². The summed E-state index contributed by atoms with van der Waals surface area (Å²) in [5.41, 5.74) is 1.16. The summed E-state index contributed by atoms with van der Waals surface area (Å²) in [6.45, 7) is 4.57. The van der Waals surface area contributed by atoms with Crippen molar-refractivity contribution in [3.8, 4) is 5.75 Å². The average molecular weight is 313 g/mol. The van der Waals surface area contributed by atoms with Crippen molar-refractivity contribution >= 4 is 12.2 Å². The van der Waals surface area contributed by atoms with E-state index in [0.717, 1.165) is 24.5 Å². The maximum absolute atomic E-state index is 10.4. The van der Waals surface area contributed by atoms with Crippen molar-refractivity contribution in [2.24, 2.45) is 0 Å². The molecule has 2 aromatic rings. The number of rotatable bonds is 10. The first-order valence-electron chi connectivity index (χ1n) is 7.90. The van der Waals surface area contributed by atoms with Gasteiger partial charge in [0.25, 0.3) is 6.47 Å². The van der Waals surface area contributed by atoms with Gasteiger partial charge in [-0.2, -0.15) is 0 Å². The van der Waals surface area contributed by atoms with Crippen molar-refractivity contribution in [2.75, 3.05) is 24.6 Å². The Morgan fingerprint density at radius 1 is 1.04 bits per heavy atom. The molecular weight excluding hydrogens is 290 g/mol.